The van der Waals surface area contributed by atoms with Gasteiger partial charge >= 0.3 is 0 Å². The number of carbonyl (C=O) groups is 1. The van der Waals surface area contributed by atoms with Crippen LogP contribution in [0.1, 0.15) is 47.1 Å². The Hall–Kier alpha value is -3.28. The maximum Gasteiger partial charge on any atom is 0.273 e. The summed E-state index contributed by atoms with van der Waals surface area (Å²) in [6.07, 6.45) is 0. The number of hydrogen-bond donors (Lipinski definition) is 1. The number of halogens is 2. The normalized spacial score (nSPS) is 15.1. The zero-order chi connectivity index (χ0) is 23.8. The summed E-state index contributed by atoms with van der Waals surface area (Å²) in [4.78, 5) is 15.2. The summed E-state index contributed by atoms with van der Waals surface area (Å²) >= 11 is 12.0. The fourth-order valence-corrected chi connectivity index (χ4v) is 4.60. The summed E-state index contributed by atoms with van der Waals surface area (Å²) in [6, 6.07) is 22.8. The first kappa shape index (κ1) is 22.5. The average molecular weight is 492 g/mol. The molecule has 1 unspecified atom stereocenters. The molecule has 0 fully saturated rings. The quantitative estimate of drug-likeness (QED) is 0.318. The highest BCUT2D eigenvalue weighted by atomic mass is 35.5. The lowest BCUT2D eigenvalue weighted by Crippen LogP contribution is -2.35. The highest BCUT2D eigenvalue weighted by Gasteiger charge is 2.43. The number of aromatic amines is 1. The Labute approximate surface area is 208 Å². The van der Waals surface area contributed by atoms with Crippen LogP contribution in [0.5, 0.6) is 5.75 Å². The molecule has 172 valence electrons. The predicted molar refractivity (Wildman–Crippen MR) is 134 cm³/mol. The second-order valence-electron chi connectivity index (χ2n) is 8.56. The summed E-state index contributed by atoms with van der Waals surface area (Å²) in [7, 11) is 0. The first-order valence-electron chi connectivity index (χ1n) is 11.1. The number of rotatable bonds is 6. The summed E-state index contributed by atoms with van der Waals surface area (Å²) < 4.78 is 5.95. The molecule has 0 spiro atoms. The van der Waals surface area contributed by atoms with Gasteiger partial charge in [0.05, 0.1) is 11.7 Å². The topological polar surface area (TPSA) is 58.2 Å². The van der Waals surface area contributed by atoms with Crippen molar-refractivity contribution in [2.75, 3.05) is 0 Å². The third kappa shape index (κ3) is 4.17. The van der Waals surface area contributed by atoms with E-state index < -0.39 is 0 Å². The molecule has 2 heterocycles. The largest absolute Gasteiger partial charge is 0.489 e. The molecule has 4 aromatic rings. The van der Waals surface area contributed by atoms with Crippen LogP contribution in [0.4, 0.5) is 0 Å². The highest BCUT2D eigenvalue weighted by molar-refractivity contribution is 6.30. The Balaban J connectivity index is 1.46. The minimum Gasteiger partial charge on any atom is -0.489 e. The maximum atomic E-state index is 13.3. The number of amides is 1. The van der Waals surface area contributed by atoms with Crippen LogP contribution in [0.2, 0.25) is 10.0 Å². The fraction of sp³-hybridized carbons (Fsp3) is 0.185. The Kier molecular flexibility index (Phi) is 6.07. The van der Waals surface area contributed by atoms with Gasteiger partial charge in [-0.2, -0.15) is 5.10 Å². The van der Waals surface area contributed by atoms with Crippen molar-refractivity contribution in [2.45, 2.75) is 32.5 Å². The molecule has 3 aromatic carbocycles. The molecule has 1 amide bonds. The van der Waals surface area contributed by atoms with Gasteiger partial charge in [0.2, 0.25) is 0 Å². The minimum atomic E-state index is -0.253. The molecule has 0 saturated heterocycles. The zero-order valence-corrected chi connectivity index (χ0v) is 20.3. The zero-order valence-electron chi connectivity index (χ0n) is 18.8. The van der Waals surface area contributed by atoms with Crippen molar-refractivity contribution in [3.8, 4) is 17.0 Å². The molecular weight excluding hydrogens is 469 g/mol. The second-order valence-corrected chi connectivity index (χ2v) is 9.43. The number of nitrogens with zero attached hydrogens (tertiary/aromatic N) is 2. The van der Waals surface area contributed by atoms with Crippen molar-refractivity contribution in [1.82, 2.24) is 15.1 Å². The van der Waals surface area contributed by atoms with Crippen molar-refractivity contribution in [2.24, 2.45) is 0 Å². The number of carbonyl (C=O) groups excluding carboxylic acids is 1. The summed E-state index contributed by atoms with van der Waals surface area (Å²) in [6.45, 7) is 4.49. The third-order valence-corrected chi connectivity index (χ3v) is 6.50. The number of H-pyrrole nitrogens is 1. The van der Waals surface area contributed by atoms with Crippen molar-refractivity contribution >= 4 is 29.1 Å². The van der Waals surface area contributed by atoms with Crippen LogP contribution in [0.15, 0.2) is 72.8 Å². The predicted octanol–water partition coefficient (Wildman–Crippen LogP) is 6.92. The minimum absolute atomic E-state index is 0.0113. The van der Waals surface area contributed by atoms with Gasteiger partial charge in [0.1, 0.15) is 18.1 Å². The van der Waals surface area contributed by atoms with Gasteiger partial charge in [0, 0.05) is 27.2 Å². The molecule has 34 heavy (non-hydrogen) atoms. The van der Waals surface area contributed by atoms with Crippen LogP contribution in [-0.2, 0) is 6.61 Å². The summed E-state index contributed by atoms with van der Waals surface area (Å²) in [5, 5.41) is 8.83. The smallest absolute Gasteiger partial charge is 0.273 e. The van der Waals surface area contributed by atoms with Gasteiger partial charge < -0.3 is 9.64 Å². The number of aromatic nitrogens is 2. The molecule has 1 atom stereocenters. The Bertz CT molecular complexity index is 1310. The number of nitrogens with one attached hydrogen (secondary N) is 1. The van der Waals surface area contributed by atoms with Gasteiger partial charge in [-0.05, 0) is 61.4 Å². The summed E-state index contributed by atoms with van der Waals surface area (Å²) in [5.41, 5.74) is 5.12. The lowest BCUT2D eigenvalue weighted by molar-refractivity contribution is 0.0688. The lowest BCUT2D eigenvalue weighted by Gasteiger charge is -2.30. The molecule has 5 rings (SSSR count). The van der Waals surface area contributed by atoms with Crippen LogP contribution in [-0.4, -0.2) is 27.0 Å². The van der Waals surface area contributed by atoms with Crippen molar-refractivity contribution in [3.63, 3.8) is 0 Å². The van der Waals surface area contributed by atoms with Crippen molar-refractivity contribution < 1.29 is 9.53 Å². The highest BCUT2D eigenvalue weighted by Crippen LogP contribution is 2.44. The van der Waals surface area contributed by atoms with E-state index in [4.69, 9.17) is 27.9 Å². The first-order chi connectivity index (χ1) is 16.4. The monoisotopic (exact) mass is 491 g/mol. The van der Waals surface area contributed by atoms with E-state index in [1.807, 2.05) is 91.5 Å². The molecule has 1 N–H and O–H groups in total. The Morgan fingerprint density at radius 2 is 1.56 bits per heavy atom. The van der Waals surface area contributed by atoms with E-state index in [0.29, 0.717) is 22.3 Å². The average Bonchev–Trinajstić information content (AvgIpc) is 3.39. The second kappa shape index (κ2) is 9.16. The number of benzene rings is 3. The number of hydrogen-bond acceptors (Lipinski definition) is 3. The van der Waals surface area contributed by atoms with E-state index in [2.05, 4.69) is 10.2 Å². The van der Waals surface area contributed by atoms with Crippen molar-refractivity contribution in [3.05, 3.63) is 105 Å². The van der Waals surface area contributed by atoms with E-state index in [0.717, 1.165) is 33.7 Å². The van der Waals surface area contributed by atoms with Crippen molar-refractivity contribution in [1.29, 1.82) is 0 Å². The first-order valence-corrected chi connectivity index (χ1v) is 11.8. The molecule has 0 aliphatic carbocycles. The molecule has 7 heteroatoms. The Morgan fingerprint density at radius 1 is 0.941 bits per heavy atom. The van der Waals surface area contributed by atoms with E-state index >= 15 is 0 Å². The standard InChI is InChI=1S/C27H23Cl2N3O2/c1-16(2)32-26(19-7-13-22(14-8-19)34-15-17-3-9-20(28)10-4-17)23-24(30-31-25(23)27(32)33)18-5-11-21(29)12-6-18/h3-14,16,26H,15H2,1-2H3,(H,30,31). The van der Waals surface area contributed by atoms with Crippen LogP contribution >= 0.6 is 23.2 Å². The van der Waals surface area contributed by atoms with E-state index in [9.17, 15) is 4.79 Å². The summed E-state index contributed by atoms with van der Waals surface area (Å²) in [5.74, 6) is 0.704. The van der Waals surface area contributed by atoms with Gasteiger partial charge in [0.15, 0.2) is 0 Å². The number of fused-ring (bicyclic) bond motifs is 1. The SMILES string of the molecule is CC(C)N1C(=O)c2[nH]nc(-c3ccc(Cl)cc3)c2C1c1ccc(OCc2ccc(Cl)cc2)cc1. The molecule has 1 aliphatic rings. The van der Waals surface area contributed by atoms with Crippen LogP contribution in [0.3, 0.4) is 0 Å². The van der Waals surface area contributed by atoms with E-state index in [1.165, 1.54) is 0 Å². The van der Waals surface area contributed by atoms with Gasteiger partial charge in [0.25, 0.3) is 5.91 Å². The van der Waals surface area contributed by atoms with Gasteiger partial charge in [-0.15, -0.1) is 0 Å². The molecule has 0 radical (unpaired) electrons. The molecule has 5 nitrogen and oxygen atoms in total. The van der Waals surface area contributed by atoms with Crippen LogP contribution in [0.25, 0.3) is 11.3 Å². The molecular formula is C27H23Cl2N3O2. The van der Waals surface area contributed by atoms with E-state index in [1.54, 1.807) is 0 Å². The lowest BCUT2D eigenvalue weighted by atomic mass is 9.95. The van der Waals surface area contributed by atoms with Gasteiger partial charge in [-0.3, -0.25) is 9.89 Å². The number of ether oxygens (including phenoxy) is 1. The molecule has 0 bridgehead atoms. The molecule has 1 aromatic heterocycles. The molecule has 1 aliphatic heterocycles. The maximum absolute atomic E-state index is 13.3. The van der Waals surface area contributed by atoms with Gasteiger partial charge in [-0.25, -0.2) is 0 Å². The van der Waals surface area contributed by atoms with E-state index in [-0.39, 0.29) is 18.0 Å². The van der Waals surface area contributed by atoms with Crippen LogP contribution < -0.4 is 4.74 Å². The fourth-order valence-electron chi connectivity index (χ4n) is 4.35. The van der Waals surface area contributed by atoms with Gasteiger partial charge in [-0.1, -0.05) is 59.6 Å². The Morgan fingerprint density at radius 3 is 2.18 bits per heavy atom. The molecule has 0 saturated carbocycles. The third-order valence-electron chi connectivity index (χ3n) is 5.99. The van der Waals surface area contributed by atoms with Crippen LogP contribution in [0, 0.1) is 0 Å².